The molecule has 0 radical (unpaired) electrons. The van der Waals surface area contributed by atoms with Crippen LogP contribution in [0.3, 0.4) is 0 Å². The first kappa shape index (κ1) is 67.5. The predicted molar refractivity (Wildman–Crippen MR) is 468 cm³/mol. The van der Waals surface area contributed by atoms with Gasteiger partial charge >= 0.3 is 0 Å². The fraction of sp³-hybridized carbons (Fsp3) is 0. The Bertz CT molecular complexity index is 5400. The zero-order valence-electron chi connectivity index (χ0n) is 59.6. The van der Waals surface area contributed by atoms with Crippen LogP contribution in [-0.4, -0.2) is 0 Å². The molecule has 0 aliphatic heterocycles. The number of rotatable bonds is 21. The predicted octanol–water partition coefficient (Wildman–Crippen LogP) is 30.8. The third kappa shape index (κ3) is 14.6. The zero-order valence-corrected chi connectivity index (χ0v) is 62.0. The van der Waals surface area contributed by atoms with Gasteiger partial charge in [0.2, 0.25) is 0 Å². The van der Waals surface area contributed by atoms with Crippen LogP contribution in [0.25, 0.3) is 96.0 Å². The van der Waals surface area contributed by atoms with E-state index in [1.807, 2.05) is 34.0 Å². The second-order valence-electron chi connectivity index (χ2n) is 26.9. The van der Waals surface area contributed by atoms with Gasteiger partial charge in [-0.05, 0) is 249 Å². The van der Waals surface area contributed by atoms with Crippen molar-refractivity contribution in [3.05, 3.63) is 437 Å². The van der Waals surface area contributed by atoms with E-state index in [-0.39, 0.29) is 0 Å². The van der Waals surface area contributed by atoms with Crippen molar-refractivity contribution in [3.8, 4) is 96.0 Å². The van der Waals surface area contributed by atoms with Crippen LogP contribution in [0, 0.1) is 0 Å². The lowest BCUT2D eigenvalue weighted by atomic mass is 10.0. The Hall–Kier alpha value is -13.4. The normalized spacial score (nSPS) is 11.1. The Morgan fingerprint density at radius 2 is 0.220 bits per heavy atom. The number of hydrogen-bond donors (Lipinski definition) is 0. The summed E-state index contributed by atoms with van der Waals surface area (Å²) in [5.74, 6) is 0. The SMILES string of the molecule is c1ccc(-c2ccc(-c3ccc(N(c4ccccc4)c4ccc(-c5ccc(N(c6ccc(-c7ccc(N(c8ccccc8)c8ccc(-c9ccc(-c%10ccccc%10)s9)cc8)cc7)cc6)c6ccc(-c7ccc(N(c8ccccc8)c8ccc(-c9ccc(-c%10ccccc%10)s9)cc8)cc7)cc6)cc5)cc4)cc3)s2)cc1. The summed E-state index contributed by atoms with van der Waals surface area (Å²) in [4.78, 5) is 16.9. The third-order valence-electron chi connectivity index (χ3n) is 20.0. The summed E-state index contributed by atoms with van der Waals surface area (Å²) in [6.07, 6.45) is 0. The van der Waals surface area contributed by atoms with Crippen LogP contribution in [0.1, 0.15) is 0 Å². The van der Waals surface area contributed by atoms with Crippen molar-refractivity contribution < 1.29 is 0 Å². The first-order chi connectivity index (χ1) is 54.0. The molecule has 0 amide bonds. The molecule has 0 bridgehead atoms. The van der Waals surface area contributed by atoms with Crippen molar-refractivity contribution in [2.24, 2.45) is 0 Å². The quantitative estimate of drug-likeness (QED) is 0.0711. The highest BCUT2D eigenvalue weighted by Gasteiger charge is 2.20. The molecule has 518 valence electrons. The van der Waals surface area contributed by atoms with Gasteiger partial charge in [-0.2, -0.15) is 0 Å². The van der Waals surface area contributed by atoms with Crippen LogP contribution in [0.15, 0.2) is 437 Å². The van der Waals surface area contributed by atoms with Crippen LogP contribution in [0.4, 0.5) is 68.2 Å². The summed E-state index contributed by atoms with van der Waals surface area (Å²) >= 11 is 5.48. The fourth-order valence-electron chi connectivity index (χ4n) is 14.4. The van der Waals surface area contributed by atoms with Crippen molar-refractivity contribution in [3.63, 3.8) is 0 Å². The number of benzene rings is 15. The van der Waals surface area contributed by atoms with Gasteiger partial charge < -0.3 is 19.6 Å². The Morgan fingerprint density at radius 3 is 0.376 bits per heavy atom. The molecular formula is C102H72N4S3. The summed E-state index contributed by atoms with van der Waals surface area (Å²) in [5.41, 5.74) is 27.1. The van der Waals surface area contributed by atoms with Crippen LogP contribution < -0.4 is 19.6 Å². The topological polar surface area (TPSA) is 13.0 Å². The maximum atomic E-state index is 2.36. The van der Waals surface area contributed by atoms with E-state index in [9.17, 15) is 0 Å². The average Bonchev–Trinajstić information content (AvgIpc) is 1.22. The van der Waals surface area contributed by atoms with E-state index in [1.165, 1.54) is 62.6 Å². The second kappa shape index (κ2) is 31.0. The maximum absolute atomic E-state index is 2.36. The highest BCUT2D eigenvalue weighted by atomic mass is 32.1. The molecule has 0 aliphatic rings. The van der Waals surface area contributed by atoms with Crippen LogP contribution in [0.5, 0.6) is 0 Å². The molecule has 0 atom stereocenters. The van der Waals surface area contributed by atoms with Crippen molar-refractivity contribution in [1.82, 2.24) is 0 Å². The number of thiophene rings is 3. The van der Waals surface area contributed by atoms with E-state index >= 15 is 0 Å². The molecule has 7 heteroatoms. The lowest BCUT2D eigenvalue weighted by Gasteiger charge is -2.27. The van der Waals surface area contributed by atoms with Crippen molar-refractivity contribution >= 4 is 102 Å². The van der Waals surface area contributed by atoms with Crippen molar-refractivity contribution in [2.45, 2.75) is 0 Å². The summed E-state index contributed by atoms with van der Waals surface area (Å²) in [5, 5.41) is 0. The largest absolute Gasteiger partial charge is 0.311 e. The highest BCUT2D eigenvalue weighted by molar-refractivity contribution is 7.19. The van der Waals surface area contributed by atoms with Gasteiger partial charge in [-0.25, -0.2) is 0 Å². The van der Waals surface area contributed by atoms with Gasteiger partial charge in [0, 0.05) is 97.5 Å². The first-order valence-electron chi connectivity index (χ1n) is 36.7. The van der Waals surface area contributed by atoms with Crippen LogP contribution >= 0.6 is 34.0 Å². The van der Waals surface area contributed by atoms with E-state index in [1.54, 1.807) is 0 Å². The van der Waals surface area contributed by atoms with Crippen molar-refractivity contribution in [2.75, 3.05) is 19.6 Å². The lowest BCUT2D eigenvalue weighted by Crippen LogP contribution is -2.10. The first-order valence-corrected chi connectivity index (χ1v) is 39.2. The zero-order chi connectivity index (χ0) is 72.7. The van der Waals surface area contributed by atoms with E-state index in [2.05, 4.69) is 456 Å². The number of para-hydroxylation sites is 3. The molecular weight excluding hydrogens is 1380 g/mol. The molecule has 15 aromatic carbocycles. The fourth-order valence-corrected chi connectivity index (χ4v) is 17.5. The van der Waals surface area contributed by atoms with Crippen LogP contribution in [0.2, 0.25) is 0 Å². The standard InChI is InChI=1S/C102H72N4S3/c1-7-19-79(20-8-1)97-67-70-100(107-97)82-43-61-94(62-44-82)103(85-25-13-4-14-26-85)88-49-31-73(32-50-88)76-37-55-91(56-38-76)106(92-57-39-77(40-58-92)74-33-51-89(52-34-74)104(86-27-15-5-16-28-86)95-63-45-83(46-64-95)101-71-68-98(108-101)80-21-9-2-10-22-80)93-59-41-78(42-60-93)75-35-53-90(54-36-75)105(87-29-17-6-18-30-87)96-65-47-84(48-66-96)102-72-69-99(109-102)81-23-11-3-12-24-81/h1-72H. The van der Waals surface area contributed by atoms with Gasteiger partial charge in [-0.3, -0.25) is 0 Å². The van der Waals surface area contributed by atoms with Gasteiger partial charge in [0.1, 0.15) is 0 Å². The van der Waals surface area contributed by atoms with E-state index < -0.39 is 0 Å². The van der Waals surface area contributed by atoms with Crippen LogP contribution in [-0.2, 0) is 0 Å². The summed E-state index contributed by atoms with van der Waals surface area (Å²) in [7, 11) is 0. The van der Waals surface area contributed by atoms with Gasteiger partial charge in [-0.15, -0.1) is 34.0 Å². The minimum atomic E-state index is 1.05. The molecule has 109 heavy (non-hydrogen) atoms. The minimum Gasteiger partial charge on any atom is -0.311 e. The Balaban J connectivity index is 0.630. The molecule has 0 fully saturated rings. The number of anilines is 12. The molecule has 3 aromatic heterocycles. The molecule has 0 spiro atoms. The molecule has 0 saturated carbocycles. The Labute approximate surface area is 649 Å². The molecule has 0 aliphatic carbocycles. The molecule has 18 rings (SSSR count). The maximum Gasteiger partial charge on any atom is 0.0462 e. The van der Waals surface area contributed by atoms with E-state index in [0.717, 1.165) is 102 Å². The molecule has 0 unspecified atom stereocenters. The van der Waals surface area contributed by atoms with Gasteiger partial charge in [0.15, 0.2) is 0 Å². The van der Waals surface area contributed by atoms with Gasteiger partial charge in [-0.1, -0.05) is 255 Å². The Morgan fingerprint density at radius 1 is 0.101 bits per heavy atom. The van der Waals surface area contributed by atoms with E-state index in [4.69, 9.17) is 0 Å². The second-order valence-corrected chi connectivity index (χ2v) is 30.1. The van der Waals surface area contributed by atoms with E-state index in [0.29, 0.717) is 0 Å². The summed E-state index contributed by atoms with van der Waals surface area (Å²) < 4.78 is 0. The smallest absolute Gasteiger partial charge is 0.0462 e. The molecule has 4 nitrogen and oxygen atoms in total. The monoisotopic (exact) mass is 1450 g/mol. The molecule has 0 saturated heterocycles. The van der Waals surface area contributed by atoms with Crippen molar-refractivity contribution in [1.29, 1.82) is 0 Å². The van der Waals surface area contributed by atoms with Gasteiger partial charge in [0.05, 0.1) is 0 Å². The Kier molecular flexibility index (Phi) is 19.2. The highest BCUT2D eigenvalue weighted by Crippen LogP contribution is 2.46. The molecule has 3 heterocycles. The number of nitrogens with zero attached hydrogens (tertiary/aromatic N) is 4. The minimum absolute atomic E-state index is 1.05. The molecule has 0 N–H and O–H groups in total. The summed E-state index contributed by atoms with van der Waals surface area (Å²) in [6.45, 7) is 0. The number of hydrogen-bond acceptors (Lipinski definition) is 7. The lowest BCUT2D eigenvalue weighted by molar-refractivity contribution is 1.28. The average molecular weight is 1450 g/mol. The van der Waals surface area contributed by atoms with Gasteiger partial charge in [0.25, 0.3) is 0 Å². The summed E-state index contributed by atoms with van der Waals surface area (Å²) in [6, 6.07) is 158. The molecule has 18 aromatic rings. The third-order valence-corrected chi connectivity index (χ3v) is 23.6.